The quantitative estimate of drug-likeness (QED) is 0.130. The Hall–Kier alpha value is -4.93. The molecule has 11 heteroatoms. The highest BCUT2D eigenvalue weighted by molar-refractivity contribution is 5.89. The molecule has 0 heterocycles. The predicted molar refractivity (Wildman–Crippen MR) is 168 cm³/mol. The number of amides is 3. The predicted octanol–water partition coefficient (Wildman–Crippen LogP) is 3.68. The van der Waals surface area contributed by atoms with E-state index in [0.29, 0.717) is 6.41 Å². The number of alkyl carbamates (subject to hydrolysis) is 1. The minimum Gasteiger partial charge on any atom is -0.461 e. The third-order valence-corrected chi connectivity index (χ3v) is 7.63. The number of hydrogen-bond acceptors (Lipinski definition) is 8. The molecule has 0 radical (unpaired) electrons. The molecule has 0 fully saturated rings. The van der Waals surface area contributed by atoms with Crippen molar-refractivity contribution in [2.75, 3.05) is 33.9 Å². The van der Waals surface area contributed by atoms with Gasteiger partial charge in [-0.1, -0.05) is 81.1 Å². The van der Waals surface area contributed by atoms with Gasteiger partial charge in [-0.25, -0.2) is 14.4 Å². The number of fused-ring (bicyclic) bond motifs is 3. The van der Waals surface area contributed by atoms with Crippen LogP contribution >= 0.6 is 0 Å². The number of rotatable bonds is 16. The van der Waals surface area contributed by atoms with Gasteiger partial charge in [-0.2, -0.15) is 0 Å². The summed E-state index contributed by atoms with van der Waals surface area (Å²) in [6.45, 7) is 9.92. The fourth-order valence-corrected chi connectivity index (χ4v) is 5.37. The molecule has 1 aliphatic rings. The Morgan fingerprint density at radius 1 is 0.889 bits per heavy atom. The van der Waals surface area contributed by atoms with Crippen LogP contribution in [0.4, 0.5) is 4.79 Å². The number of benzene rings is 2. The SMILES string of the molecule is C=CCOC(=O)C(COC(=O)C(C(C)C)N(C)C(=O)[C@H](CC=C)N(C)C=O)NC(=O)OCC1c2ccccc2-c2ccccc21. The summed E-state index contributed by atoms with van der Waals surface area (Å²) in [5.74, 6) is -2.74. The van der Waals surface area contributed by atoms with Crippen LogP contribution < -0.4 is 5.32 Å². The third-order valence-electron chi connectivity index (χ3n) is 7.63. The zero-order valence-electron chi connectivity index (χ0n) is 26.1. The van der Waals surface area contributed by atoms with Crippen LogP contribution in [0.25, 0.3) is 11.1 Å². The summed E-state index contributed by atoms with van der Waals surface area (Å²) < 4.78 is 16.1. The molecule has 3 rings (SSSR count). The van der Waals surface area contributed by atoms with E-state index >= 15 is 0 Å². The maximum absolute atomic E-state index is 13.3. The lowest BCUT2D eigenvalue weighted by molar-refractivity contribution is -0.160. The van der Waals surface area contributed by atoms with E-state index in [2.05, 4.69) is 18.5 Å². The zero-order valence-corrected chi connectivity index (χ0v) is 26.1. The van der Waals surface area contributed by atoms with Crippen molar-refractivity contribution in [1.29, 1.82) is 0 Å². The van der Waals surface area contributed by atoms with E-state index in [-0.39, 0.29) is 25.6 Å². The number of carbonyl (C=O) groups is 5. The lowest BCUT2D eigenvalue weighted by Gasteiger charge is -2.34. The van der Waals surface area contributed by atoms with Crippen LogP contribution in [0.2, 0.25) is 0 Å². The van der Waals surface area contributed by atoms with Crippen molar-refractivity contribution in [2.45, 2.75) is 44.3 Å². The number of ether oxygens (including phenoxy) is 3. The maximum atomic E-state index is 13.3. The van der Waals surface area contributed by atoms with Gasteiger partial charge in [0.25, 0.3) is 0 Å². The zero-order chi connectivity index (χ0) is 33.1. The van der Waals surface area contributed by atoms with Gasteiger partial charge in [0.05, 0.1) is 0 Å². The molecule has 1 aliphatic carbocycles. The number of likely N-dealkylation sites (N-methyl/N-ethyl adjacent to an activating group) is 2. The normalized spacial score (nSPS) is 13.7. The summed E-state index contributed by atoms with van der Waals surface area (Å²) in [5.41, 5.74) is 4.18. The van der Waals surface area contributed by atoms with Gasteiger partial charge >= 0.3 is 18.0 Å². The van der Waals surface area contributed by atoms with E-state index in [1.54, 1.807) is 13.8 Å². The molecular weight excluding hydrogens is 578 g/mol. The van der Waals surface area contributed by atoms with E-state index in [0.717, 1.165) is 22.3 Å². The first kappa shape index (κ1) is 34.6. The first-order valence-electron chi connectivity index (χ1n) is 14.7. The summed E-state index contributed by atoms with van der Waals surface area (Å²) in [4.78, 5) is 66.0. The van der Waals surface area contributed by atoms with Gasteiger partial charge in [0.2, 0.25) is 12.3 Å². The molecule has 2 aromatic rings. The average molecular weight is 620 g/mol. The van der Waals surface area contributed by atoms with Crippen LogP contribution in [0.5, 0.6) is 0 Å². The van der Waals surface area contributed by atoms with E-state index in [4.69, 9.17) is 14.2 Å². The number of esters is 2. The highest BCUT2D eigenvalue weighted by atomic mass is 16.6. The molecule has 0 spiro atoms. The Balaban J connectivity index is 1.70. The van der Waals surface area contributed by atoms with Crippen molar-refractivity contribution in [3.8, 4) is 11.1 Å². The monoisotopic (exact) mass is 619 g/mol. The number of hydrogen-bond donors (Lipinski definition) is 1. The van der Waals surface area contributed by atoms with Gasteiger partial charge in [-0.15, -0.1) is 6.58 Å². The largest absolute Gasteiger partial charge is 0.461 e. The Labute approximate surface area is 263 Å². The Bertz CT molecular complexity index is 1360. The molecule has 0 saturated carbocycles. The maximum Gasteiger partial charge on any atom is 0.407 e. The van der Waals surface area contributed by atoms with Crippen molar-refractivity contribution in [3.05, 3.63) is 85.0 Å². The molecule has 2 aromatic carbocycles. The van der Waals surface area contributed by atoms with Gasteiger partial charge < -0.3 is 29.3 Å². The second-order valence-corrected chi connectivity index (χ2v) is 11.0. The summed E-state index contributed by atoms with van der Waals surface area (Å²) in [5, 5.41) is 2.45. The first-order chi connectivity index (χ1) is 21.5. The third kappa shape index (κ3) is 8.37. The molecule has 0 aromatic heterocycles. The topological polar surface area (TPSA) is 132 Å². The van der Waals surface area contributed by atoms with E-state index in [1.165, 1.54) is 36.0 Å². The molecule has 11 nitrogen and oxygen atoms in total. The number of nitrogens with zero attached hydrogens (tertiary/aromatic N) is 2. The molecule has 2 unspecified atom stereocenters. The standard InChI is InChI=1S/C34H41N3O8/c1-7-13-29(36(5)21-38)31(39)37(6)30(22(3)4)33(41)44-20-28(32(40)43-18-8-2)35-34(42)45-19-27-25-16-11-9-14-23(25)24-15-10-12-17-26(24)27/h7-12,14-17,21-22,27-30H,1-2,13,18-20H2,3-6H3,(H,35,42)/t28?,29-,30?/m0/s1. The smallest absolute Gasteiger partial charge is 0.407 e. The van der Waals surface area contributed by atoms with Gasteiger partial charge in [-0.05, 0) is 34.6 Å². The lowest BCUT2D eigenvalue weighted by atomic mass is 9.98. The highest BCUT2D eigenvalue weighted by Gasteiger charge is 2.36. The van der Waals surface area contributed by atoms with Gasteiger partial charge in [-0.3, -0.25) is 9.59 Å². The molecule has 0 aliphatic heterocycles. The van der Waals surface area contributed by atoms with Crippen LogP contribution in [0.15, 0.2) is 73.8 Å². The second-order valence-electron chi connectivity index (χ2n) is 11.0. The minimum atomic E-state index is -1.40. The molecule has 45 heavy (non-hydrogen) atoms. The van der Waals surface area contributed by atoms with Crippen molar-refractivity contribution in [1.82, 2.24) is 15.1 Å². The molecule has 0 saturated heterocycles. The summed E-state index contributed by atoms with van der Waals surface area (Å²) in [7, 11) is 2.90. The molecule has 240 valence electrons. The fourth-order valence-electron chi connectivity index (χ4n) is 5.37. The average Bonchev–Trinajstić information content (AvgIpc) is 3.36. The Morgan fingerprint density at radius 3 is 2.02 bits per heavy atom. The lowest BCUT2D eigenvalue weighted by Crippen LogP contribution is -2.54. The van der Waals surface area contributed by atoms with E-state index in [1.807, 2.05) is 48.5 Å². The summed E-state index contributed by atoms with van der Waals surface area (Å²) in [6.07, 6.45) is 2.68. The van der Waals surface area contributed by atoms with Crippen LogP contribution in [0.1, 0.15) is 37.3 Å². The highest BCUT2D eigenvalue weighted by Crippen LogP contribution is 2.44. The Kier molecular flexibility index (Phi) is 12.5. The summed E-state index contributed by atoms with van der Waals surface area (Å²) in [6, 6.07) is 12.4. The van der Waals surface area contributed by atoms with Gasteiger partial charge in [0.1, 0.15) is 31.9 Å². The van der Waals surface area contributed by atoms with Crippen molar-refractivity contribution in [3.63, 3.8) is 0 Å². The number of nitrogens with one attached hydrogen (secondary N) is 1. The van der Waals surface area contributed by atoms with Crippen LogP contribution in [0, 0.1) is 5.92 Å². The van der Waals surface area contributed by atoms with Crippen molar-refractivity contribution >= 4 is 30.3 Å². The molecule has 1 N–H and O–H groups in total. The van der Waals surface area contributed by atoms with Crippen molar-refractivity contribution in [2.24, 2.45) is 5.92 Å². The Morgan fingerprint density at radius 2 is 1.49 bits per heavy atom. The van der Waals surface area contributed by atoms with Gasteiger partial charge in [0.15, 0.2) is 6.04 Å². The van der Waals surface area contributed by atoms with Crippen LogP contribution in [0.3, 0.4) is 0 Å². The minimum absolute atomic E-state index is 0.0114. The molecule has 3 atom stereocenters. The molecule has 0 bridgehead atoms. The van der Waals surface area contributed by atoms with Crippen molar-refractivity contribution < 1.29 is 38.2 Å². The molecular formula is C34H41N3O8. The molecule has 3 amide bonds. The van der Waals surface area contributed by atoms with Crippen LogP contribution in [-0.4, -0.2) is 92.2 Å². The number of carbonyl (C=O) groups excluding carboxylic acids is 5. The van der Waals surface area contributed by atoms with Gasteiger partial charge in [0, 0.05) is 20.0 Å². The van der Waals surface area contributed by atoms with Crippen LogP contribution in [-0.2, 0) is 33.4 Å². The first-order valence-corrected chi connectivity index (χ1v) is 14.7. The second kappa shape index (κ2) is 16.2. The van der Waals surface area contributed by atoms with E-state index in [9.17, 15) is 24.0 Å². The fraction of sp³-hybridized carbons (Fsp3) is 0.382. The van der Waals surface area contributed by atoms with E-state index < -0.39 is 54.6 Å². The summed E-state index contributed by atoms with van der Waals surface area (Å²) >= 11 is 0.